The molecular formula is C15H26N4O2. The second kappa shape index (κ2) is 6.49. The van der Waals surface area contributed by atoms with Crippen LogP contribution in [-0.2, 0) is 4.74 Å². The van der Waals surface area contributed by atoms with Gasteiger partial charge in [0.25, 0.3) is 0 Å². The van der Waals surface area contributed by atoms with Gasteiger partial charge in [0, 0.05) is 51.2 Å². The van der Waals surface area contributed by atoms with Crippen molar-refractivity contribution in [1.29, 1.82) is 0 Å². The predicted octanol–water partition coefficient (Wildman–Crippen LogP) is 1.57. The third-order valence-corrected chi connectivity index (χ3v) is 3.64. The van der Waals surface area contributed by atoms with Crippen LogP contribution in [0.15, 0.2) is 18.5 Å². The zero-order valence-electron chi connectivity index (χ0n) is 13.1. The lowest BCUT2D eigenvalue weighted by molar-refractivity contribution is 0.0106. The highest BCUT2D eigenvalue weighted by Crippen LogP contribution is 2.21. The van der Waals surface area contributed by atoms with E-state index < -0.39 is 5.60 Å². The summed E-state index contributed by atoms with van der Waals surface area (Å²) in [5, 5.41) is 0. The first-order valence-electron chi connectivity index (χ1n) is 7.45. The van der Waals surface area contributed by atoms with Gasteiger partial charge in [-0.3, -0.25) is 4.90 Å². The van der Waals surface area contributed by atoms with Gasteiger partial charge in [-0.1, -0.05) is 0 Å². The maximum absolute atomic E-state index is 12.0. The average Bonchev–Trinajstić information content (AvgIpc) is 2.92. The molecule has 2 heterocycles. The van der Waals surface area contributed by atoms with E-state index in [1.54, 1.807) is 4.90 Å². The van der Waals surface area contributed by atoms with Crippen molar-refractivity contribution in [3.8, 4) is 0 Å². The largest absolute Gasteiger partial charge is 0.444 e. The van der Waals surface area contributed by atoms with Crippen LogP contribution in [-0.4, -0.2) is 59.2 Å². The molecule has 0 spiro atoms. The molecule has 1 aromatic heterocycles. The van der Waals surface area contributed by atoms with Crippen LogP contribution in [0, 0.1) is 0 Å². The van der Waals surface area contributed by atoms with Gasteiger partial charge in [0.2, 0.25) is 0 Å². The molecule has 0 radical (unpaired) electrons. The molecule has 6 nitrogen and oxygen atoms in total. The molecule has 6 heteroatoms. The number of nitrogens with one attached hydrogen (secondary N) is 1. The number of rotatable bonds is 3. The maximum Gasteiger partial charge on any atom is 0.410 e. The smallest absolute Gasteiger partial charge is 0.410 e. The number of aromatic nitrogens is 1. The molecule has 1 aliphatic rings. The van der Waals surface area contributed by atoms with Gasteiger partial charge < -0.3 is 20.4 Å². The van der Waals surface area contributed by atoms with Crippen LogP contribution < -0.4 is 5.73 Å². The number of amides is 1. The van der Waals surface area contributed by atoms with Crippen LogP contribution in [0.1, 0.15) is 32.4 Å². The summed E-state index contributed by atoms with van der Waals surface area (Å²) in [6.07, 6.45) is 3.67. The van der Waals surface area contributed by atoms with E-state index in [0.29, 0.717) is 19.6 Å². The van der Waals surface area contributed by atoms with Gasteiger partial charge >= 0.3 is 6.09 Å². The summed E-state index contributed by atoms with van der Waals surface area (Å²) in [5.41, 5.74) is 6.66. The normalized spacial score (nSPS) is 18.6. The molecular weight excluding hydrogens is 268 g/mol. The Morgan fingerprint density at radius 2 is 2.05 bits per heavy atom. The SMILES string of the molecule is CC(C)(C)OC(=O)N1CCN(C(CN)c2cc[nH]c2)CC1. The lowest BCUT2D eigenvalue weighted by atomic mass is 10.1. The van der Waals surface area contributed by atoms with E-state index >= 15 is 0 Å². The van der Waals surface area contributed by atoms with Crippen LogP contribution in [0.3, 0.4) is 0 Å². The van der Waals surface area contributed by atoms with Gasteiger partial charge in [-0.2, -0.15) is 0 Å². The van der Waals surface area contributed by atoms with Crippen LogP contribution in [0.4, 0.5) is 4.79 Å². The van der Waals surface area contributed by atoms with E-state index in [4.69, 9.17) is 10.5 Å². The van der Waals surface area contributed by atoms with Crippen molar-refractivity contribution < 1.29 is 9.53 Å². The summed E-state index contributed by atoms with van der Waals surface area (Å²) in [5.74, 6) is 0. The number of aromatic amines is 1. The highest BCUT2D eigenvalue weighted by Gasteiger charge is 2.29. The molecule has 1 aliphatic heterocycles. The lowest BCUT2D eigenvalue weighted by Gasteiger charge is -2.39. The summed E-state index contributed by atoms with van der Waals surface area (Å²) in [7, 11) is 0. The van der Waals surface area contributed by atoms with Crippen molar-refractivity contribution in [2.24, 2.45) is 5.73 Å². The average molecular weight is 294 g/mol. The first kappa shape index (κ1) is 15.9. The zero-order valence-corrected chi connectivity index (χ0v) is 13.1. The minimum atomic E-state index is -0.445. The van der Waals surface area contributed by atoms with Gasteiger partial charge in [0.15, 0.2) is 0 Å². The first-order chi connectivity index (χ1) is 9.90. The van der Waals surface area contributed by atoms with Crippen LogP contribution in [0.5, 0.6) is 0 Å². The monoisotopic (exact) mass is 294 g/mol. The van der Waals surface area contributed by atoms with E-state index in [0.717, 1.165) is 13.1 Å². The fraction of sp³-hybridized carbons (Fsp3) is 0.667. The highest BCUT2D eigenvalue weighted by atomic mass is 16.6. The quantitative estimate of drug-likeness (QED) is 0.887. The number of ether oxygens (including phenoxy) is 1. The van der Waals surface area contributed by atoms with Gasteiger partial charge in [-0.05, 0) is 32.4 Å². The Hall–Kier alpha value is -1.53. The van der Waals surface area contributed by atoms with Crippen LogP contribution in [0.2, 0.25) is 0 Å². The molecule has 0 aliphatic carbocycles. The number of H-pyrrole nitrogens is 1. The Labute approximate surface area is 126 Å². The minimum Gasteiger partial charge on any atom is -0.444 e. The summed E-state index contributed by atoms with van der Waals surface area (Å²) >= 11 is 0. The Bertz CT molecular complexity index is 445. The number of hydrogen-bond donors (Lipinski definition) is 2. The van der Waals surface area contributed by atoms with E-state index in [1.165, 1.54) is 5.56 Å². The summed E-state index contributed by atoms with van der Waals surface area (Å²) in [4.78, 5) is 19.2. The van der Waals surface area contributed by atoms with Gasteiger partial charge in [-0.15, -0.1) is 0 Å². The zero-order chi connectivity index (χ0) is 15.5. The van der Waals surface area contributed by atoms with E-state index in [2.05, 4.69) is 16.0 Å². The fourth-order valence-corrected chi connectivity index (χ4v) is 2.58. The molecule has 21 heavy (non-hydrogen) atoms. The van der Waals surface area contributed by atoms with Crippen molar-refractivity contribution in [3.05, 3.63) is 24.0 Å². The topological polar surface area (TPSA) is 74.6 Å². The Kier molecular flexibility index (Phi) is 4.90. The number of carbonyl (C=O) groups excluding carboxylic acids is 1. The molecule has 1 saturated heterocycles. The molecule has 1 amide bonds. The number of hydrogen-bond acceptors (Lipinski definition) is 4. The number of carbonyl (C=O) groups is 1. The minimum absolute atomic E-state index is 0.206. The summed E-state index contributed by atoms with van der Waals surface area (Å²) in [6.45, 7) is 9.21. The van der Waals surface area contributed by atoms with Crippen molar-refractivity contribution in [2.45, 2.75) is 32.4 Å². The second-order valence-corrected chi connectivity index (χ2v) is 6.40. The third kappa shape index (κ3) is 4.22. The Morgan fingerprint density at radius 1 is 1.38 bits per heavy atom. The standard InChI is InChI=1S/C15H26N4O2/c1-15(2,3)21-14(20)19-8-6-18(7-9-19)13(10-16)12-4-5-17-11-12/h4-5,11,13,17H,6-10,16H2,1-3H3. The molecule has 1 unspecified atom stereocenters. The molecule has 1 atom stereocenters. The number of piperazine rings is 1. The fourth-order valence-electron chi connectivity index (χ4n) is 2.58. The molecule has 2 rings (SSSR count). The molecule has 1 fully saturated rings. The van der Waals surface area contributed by atoms with Gasteiger partial charge in [-0.25, -0.2) is 4.79 Å². The molecule has 0 aromatic carbocycles. The number of nitrogens with two attached hydrogens (primary N) is 1. The van der Waals surface area contributed by atoms with E-state index in [-0.39, 0.29) is 12.1 Å². The molecule has 1 aromatic rings. The van der Waals surface area contributed by atoms with Gasteiger partial charge in [0.1, 0.15) is 5.60 Å². The summed E-state index contributed by atoms with van der Waals surface area (Å²) in [6, 6.07) is 2.26. The highest BCUT2D eigenvalue weighted by molar-refractivity contribution is 5.68. The lowest BCUT2D eigenvalue weighted by Crippen LogP contribution is -2.51. The van der Waals surface area contributed by atoms with Crippen molar-refractivity contribution in [3.63, 3.8) is 0 Å². The van der Waals surface area contributed by atoms with Crippen LogP contribution >= 0.6 is 0 Å². The Morgan fingerprint density at radius 3 is 2.52 bits per heavy atom. The predicted molar refractivity (Wildman–Crippen MR) is 82.0 cm³/mol. The summed E-state index contributed by atoms with van der Waals surface area (Å²) < 4.78 is 5.41. The van der Waals surface area contributed by atoms with E-state index in [1.807, 2.05) is 33.2 Å². The molecule has 0 bridgehead atoms. The Balaban J connectivity index is 1.89. The van der Waals surface area contributed by atoms with Crippen molar-refractivity contribution in [2.75, 3.05) is 32.7 Å². The third-order valence-electron chi connectivity index (χ3n) is 3.64. The maximum atomic E-state index is 12.0. The van der Waals surface area contributed by atoms with E-state index in [9.17, 15) is 4.79 Å². The molecule has 3 N–H and O–H groups in total. The molecule has 0 saturated carbocycles. The van der Waals surface area contributed by atoms with Crippen LogP contribution in [0.25, 0.3) is 0 Å². The second-order valence-electron chi connectivity index (χ2n) is 6.40. The molecule has 118 valence electrons. The van der Waals surface area contributed by atoms with Crippen molar-refractivity contribution in [1.82, 2.24) is 14.8 Å². The number of nitrogens with zero attached hydrogens (tertiary/aromatic N) is 2. The van der Waals surface area contributed by atoms with Crippen molar-refractivity contribution >= 4 is 6.09 Å². The van der Waals surface area contributed by atoms with Gasteiger partial charge in [0.05, 0.1) is 0 Å². The first-order valence-corrected chi connectivity index (χ1v) is 7.45.